The molecule has 0 heterocycles. The van der Waals surface area contributed by atoms with Crippen LogP contribution in [-0.4, -0.2) is 17.0 Å². The van der Waals surface area contributed by atoms with Gasteiger partial charge in [0, 0.05) is 12.1 Å². The predicted molar refractivity (Wildman–Crippen MR) is 90.7 cm³/mol. The maximum atomic E-state index is 12.7. The molecule has 138 valence electrons. The number of carboxylic acid groups (broad SMARTS) is 1. The third-order valence-corrected chi connectivity index (χ3v) is 3.86. The molecule has 0 fully saturated rings. The number of benzene rings is 2. The fourth-order valence-corrected chi connectivity index (χ4v) is 2.46. The van der Waals surface area contributed by atoms with Gasteiger partial charge in [-0.3, -0.25) is 9.59 Å². The Morgan fingerprint density at radius 1 is 1.12 bits per heavy atom. The van der Waals surface area contributed by atoms with E-state index in [0.717, 1.165) is 23.3 Å². The first-order valence-corrected chi connectivity index (χ1v) is 7.90. The van der Waals surface area contributed by atoms with Crippen LogP contribution < -0.4 is 5.32 Å². The number of rotatable bonds is 6. The van der Waals surface area contributed by atoms with E-state index in [1.807, 2.05) is 19.1 Å². The molecule has 1 amide bonds. The van der Waals surface area contributed by atoms with Crippen LogP contribution in [0.2, 0.25) is 0 Å². The molecule has 4 nitrogen and oxygen atoms in total. The van der Waals surface area contributed by atoms with Gasteiger partial charge in [-0.15, -0.1) is 0 Å². The van der Waals surface area contributed by atoms with Crippen molar-refractivity contribution in [3.8, 4) is 0 Å². The Balaban J connectivity index is 2.04. The van der Waals surface area contributed by atoms with Gasteiger partial charge in [-0.1, -0.05) is 35.9 Å². The van der Waals surface area contributed by atoms with Gasteiger partial charge in [0.25, 0.3) is 0 Å². The highest BCUT2D eigenvalue weighted by atomic mass is 19.4. The molecule has 2 rings (SSSR count). The van der Waals surface area contributed by atoms with Crippen molar-refractivity contribution in [2.45, 2.75) is 25.9 Å². The van der Waals surface area contributed by atoms with E-state index in [9.17, 15) is 27.9 Å². The summed E-state index contributed by atoms with van der Waals surface area (Å²) in [6.07, 6.45) is -4.69. The minimum absolute atomic E-state index is 0.0238. The molecule has 0 spiro atoms. The minimum atomic E-state index is -4.52. The van der Waals surface area contributed by atoms with Gasteiger partial charge in [0.15, 0.2) is 0 Å². The van der Waals surface area contributed by atoms with Crippen molar-refractivity contribution >= 4 is 17.6 Å². The maximum Gasteiger partial charge on any atom is 0.416 e. The van der Waals surface area contributed by atoms with Crippen molar-refractivity contribution in [3.63, 3.8) is 0 Å². The van der Waals surface area contributed by atoms with Crippen molar-refractivity contribution in [2.24, 2.45) is 5.92 Å². The summed E-state index contributed by atoms with van der Waals surface area (Å²) < 4.78 is 38.1. The second kappa shape index (κ2) is 8.03. The summed E-state index contributed by atoms with van der Waals surface area (Å²) in [6, 6.07) is 11.5. The number of halogens is 3. The summed E-state index contributed by atoms with van der Waals surface area (Å²) in [5.41, 5.74) is 0.895. The number of alkyl halides is 3. The van der Waals surface area contributed by atoms with Crippen LogP contribution >= 0.6 is 0 Å². The van der Waals surface area contributed by atoms with Crippen LogP contribution in [-0.2, 0) is 22.2 Å². The van der Waals surface area contributed by atoms with Crippen molar-refractivity contribution in [2.75, 3.05) is 5.32 Å². The van der Waals surface area contributed by atoms with Crippen molar-refractivity contribution in [3.05, 3.63) is 65.2 Å². The average molecular weight is 365 g/mol. The summed E-state index contributed by atoms with van der Waals surface area (Å²) in [5, 5.41) is 11.7. The predicted octanol–water partition coefficient (Wildman–Crippen LogP) is 4.29. The fourth-order valence-electron chi connectivity index (χ4n) is 2.46. The van der Waals surface area contributed by atoms with Gasteiger partial charge in [-0.05, 0) is 37.1 Å². The largest absolute Gasteiger partial charge is 0.481 e. The van der Waals surface area contributed by atoms with Gasteiger partial charge in [-0.25, -0.2) is 0 Å². The number of aliphatic carboxylic acids is 1. The van der Waals surface area contributed by atoms with Gasteiger partial charge < -0.3 is 10.4 Å². The zero-order valence-electron chi connectivity index (χ0n) is 14.0. The number of aryl methyl sites for hydroxylation is 1. The van der Waals surface area contributed by atoms with E-state index in [-0.39, 0.29) is 18.5 Å². The lowest BCUT2D eigenvalue weighted by atomic mass is 9.95. The molecule has 0 saturated carbocycles. The number of carbonyl (C=O) groups excluding carboxylic acids is 1. The van der Waals surface area contributed by atoms with E-state index < -0.39 is 29.5 Å². The van der Waals surface area contributed by atoms with Gasteiger partial charge in [0.1, 0.15) is 0 Å². The molecule has 2 aromatic rings. The highest BCUT2D eigenvalue weighted by Gasteiger charge is 2.30. The van der Waals surface area contributed by atoms with Crippen LogP contribution in [0.15, 0.2) is 48.5 Å². The van der Waals surface area contributed by atoms with Crippen molar-refractivity contribution in [1.82, 2.24) is 0 Å². The lowest BCUT2D eigenvalue weighted by Gasteiger charge is -2.14. The molecule has 1 atom stereocenters. The normalized spacial score (nSPS) is 12.5. The van der Waals surface area contributed by atoms with Crippen LogP contribution in [0.3, 0.4) is 0 Å². The van der Waals surface area contributed by atoms with Crippen LogP contribution in [0.5, 0.6) is 0 Å². The number of carbonyl (C=O) groups is 2. The number of anilines is 1. The van der Waals surface area contributed by atoms with Crippen LogP contribution in [0, 0.1) is 12.8 Å². The highest BCUT2D eigenvalue weighted by Crippen LogP contribution is 2.30. The molecule has 2 N–H and O–H groups in total. The Morgan fingerprint density at radius 2 is 1.77 bits per heavy atom. The number of amides is 1. The zero-order valence-corrected chi connectivity index (χ0v) is 14.0. The third-order valence-electron chi connectivity index (χ3n) is 3.86. The first kappa shape index (κ1) is 19.5. The second-order valence-corrected chi connectivity index (χ2v) is 6.06. The van der Waals surface area contributed by atoms with Crippen molar-refractivity contribution < 1.29 is 27.9 Å². The monoisotopic (exact) mass is 365 g/mol. The lowest BCUT2D eigenvalue weighted by molar-refractivity contribution is -0.143. The number of hydrogen-bond acceptors (Lipinski definition) is 2. The zero-order chi connectivity index (χ0) is 19.3. The first-order valence-electron chi connectivity index (χ1n) is 7.90. The molecule has 7 heteroatoms. The molecule has 2 aromatic carbocycles. The topological polar surface area (TPSA) is 66.4 Å². The summed E-state index contributed by atoms with van der Waals surface area (Å²) >= 11 is 0. The summed E-state index contributed by atoms with van der Waals surface area (Å²) in [5.74, 6) is -2.75. The Kier molecular flexibility index (Phi) is 6.02. The van der Waals surface area contributed by atoms with Gasteiger partial charge in [0.2, 0.25) is 5.91 Å². The Morgan fingerprint density at radius 3 is 2.35 bits per heavy atom. The molecule has 0 aromatic heterocycles. The molecule has 26 heavy (non-hydrogen) atoms. The summed E-state index contributed by atoms with van der Waals surface area (Å²) in [6.45, 7) is 1.90. The van der Waals surface area contributed by atoms with Crippen LogP contribution in [0.25, 0.3) is 0 Å². The number of nitrogens with one attached hydrogen (secondary N) is 1. The highest BCUT2D eigenvalue weighted by molar-refractivity contribution is 5.93. The number of carboxylic acids is 1. The fraction of sp³-hybridized carbons (Fsp3) is 0.263. The number of hydrogen-bond donors (Lipinski definition) is 2. The quantitative estimate of drug-likeness (QED) is 0.803. The summed E-state index contributed by atoms with van der Waals surface area (Å²) in [7, 11) is 0. The van der Waals surface area contributed by atoms with E-state index in [2.05, 4.69) is 5.32 Å². The van der Waals surface area contributed by atoms with Gasteiger partial charge >= 0.3 is 12.1 Å². The molecule has 0 unspecified atom stereocenters. The Bertz CT molecular complexity index is 785. The molecule has 0 aliphatic carbocycles. The molecule has 0 aliphatic rings. The molecular formula is C19H18F3NO3. The van der Waals surface area contributed by atoms with E-state index >= 15 is 0 Å². The van der Waals surface area contributed by atoms with Crippen LogP contribution in [0.1, 0.15) is 23.1 Å². The average Bonchev–Trinajstić information content (AvgIpc) is 2.55. The lowest BCUT2D eigenvalue weighted by Crippen LogP contribution is -2.24. The molecule has 0 radical (unpaired) electrons. The Labute approximate surface area is 148 Å². The van der Waals surface area contributed by atoms with Crippen LogP contribution in [0.4, 0.5) is 18.9 Å². The Hall–Kier alpha value is -2.83. The van der Waals surface area contributed by atoms with Crippen molar-refractivity contribution in [1.29, 1.82) is 0 Å². The smallest absolute Gasteiger partial charge is 0.416 e. The standard InChI is InChI=1S/C19H18F3NO3/c1-12-5-7-13(8-6-12)9-14(18(25)26)10-17(24)23-16-4-2-3-15(11-16)19(20,21)22/h2-8,11,14H,9-10H2,1H3,(H,23,24)(H,25,26)/t14-/m1/s1. The SMILES string of the molecule is Cc1ccc(C[C@H](CC(=O)Nc2cccc(C(F)(F)F)c2)C(=O)O)cc1. The van der Waals surface area contributed by atoms with E-state index in [1.165, 1.54) is 12.1 Å². The first-order chi connectivity index (χ1) is 12.1. The third kappa shape index (κ3) is 5.61. The maximum absolute atomic E-state index is 12.7. The van der Waals surface area contributed by atoms with E-state index in [4.69, 9.17) is 0 Å². The molecule has 0 aliphatic heterocycles. The second-order valence-electron chi connectivity index (χ2n) is 6.06. The molecule has 0 saturated heterocycles. The van der Waals surface area contributed by atoms with Gasteiger partial charge in [0.05, 0.1) is 11.5 Å². The molecule has 0 bridgehead atoms. The summed E-state index contributed by atoms with van der Waals surface area (Å²) in [4.78, 5) is 23.5. The minimum Gasteiger partial charge on any atom is -0.481 e. The van der Waals surface area contributed by atoms with Gasteiger partial charge in [-0.2, -0.15) is 13.2 Å². The van der Waals surface area contributed by atoms with E-state index in [0.29, 0.717) is 0 Å². The molecular weight excluding hydrogens is 347 g/mol. The van der Waals surface area contributed by atoms with E-state index in [1.54, 1.807) is 12.1 Å².